The van der Waals surface area contributed by atoms with Crippen molar-refractivity contribution in [3.8, 4) is 11.4 Å². The molecule has 0 aliphatic carbocycles. The molecule has 1 aliphatic rings. The van der Waals surface area contributed by atoms with Crippen molar-refractivity contribution < 1.29 is 42.9 Å². The maximum Gasteiger partial charge on any atom is 0.303 e. The number of esters is 4. The molecule has 12 nitrogen and oxygen atoms in total. The summed E-state index contributed by atoms with van der Waals surface area (Å²) in [5.41, 5.74) is 2.08. The second-order valence-corrected chi connectivity index (χ2v) is 10.1. The van der Waals surface area contributed by atoms with Crippen LogP contribution in [0.2, 0.25) is 0 Å². The van der Waals surface area contributed by atoms with Crippen LogP contribution in [-0.2, 0) is 49.3 Å². The average Bonchev–Trinajstić information content (AvgIpc) is 2.95. The van der Waals surface area contributed by atoms with Crippen molar-refractivity contribution in [2.75, 3.05) is 6.61 Å². The molecule has 0 spiro atoms. The van der Waals surface area contributed by atoms with Crippen molar-refractivity contribution in [2.24, 2.45) is 0 Å². The monoisotopic (exact) mass is 609 g/mol. The van der Waals surface area contributed by atoms with Crippen molar-refractivity contribution >= 4 is 36.1 Å². The number of carbonyl (C=O) groups is 4. The lowest BCUT2D eigenvalue weighted by Crippen LogP contribution is -2.60. The smallest absolute Gasteiger partial charge is 0.303 e. The minimum absolute atomic E-state index is 0.157. The van der Waals surface area contributed by atoms with Gasteiger partial charge in [0.2, 0.25) is 0 Å². The van der Waals surface area contributed by atoms with Gasteiger partial charge in [-0.1, -0.05) is 72.9 Å². The van der Waals surface area contributed by atoms with E-state index < -0.39 is 54.5 Å². The van der Waals surface area contributed by atoms with E-state index in [1.165, 1.54) is 18.5 Å². The van der Waals surface area contributed by atoms with Gasteiger partial charge in [0.25, 0.3) is 0 Å². The summed E-state index contributed by atoms with van der Waals surface area (Å²) in [7, 11) is 0. The molecule has 0 N–H and O–H groups in total. The lowest BCUT2D eigenvalue weighted by atomic mass is 9.97. The van der Waals surface area contributed by atoms with Crippen LogP contribution in [0.1, 0.15) is 45.2 Å². The number of nitrogens with zero attached hydrogens (tertiary/aromatic N) is 3. The number of aromatic nitrogens is 3. The van der Waals surface area contributed by atoms with Gasteiger partial charge in [-0.25, -0.2) is 9.67 Å². The molecule has 1 saturated heterocycles. The van der Waals surface area contributed by atoms with E-state index in [2.05, 4.69) is 5.10 Å². The van der Waals surface area contributed by atoms with Crippen molar-refractivity contribution in [3.05, 3.63) is 76.6 Å². The summed E-state index contributed by atoms with van der Waals surface area (Å²) < 4.78 is 29.7. The van der Waals surface area contributed by atoms with Crippen LogP contribution in [0.25, 0.3) is 11.4 Å². The standard InChI is InChI=1S/C30H31N3O9S/c1-17(34)38-16-24-25(39-18(2)35)26(40-19(3)36)27(41-20(4)37)29(42-24)33-30(43)23(15-21-11-7-5-8-12-21)31-28(32-33)22-13-9-6-10-14-22/h5-14,24-27,29H,15-16H2,1-4H3/t24-,25-,26+,27-,29-/m1/s1. The Balaban J connectivity index is 1.92. The van der Waals surface area contributed by atoms with Crippen LogP contribution >= 0.6 is 12.2 Å². The van der Waals surface area contributed by atoms with E-state index in [4.69, 9.17) is 40.9 Å². The number of hydrogen-bond acceptors (Lipinski definition) is 12. The van der Waals surface area contributed by atoms with Crippen LogP contribution in [0.3, 0.4) is 0 Å². The Kier molecular flexibility index (Phi) is 10.3. The lowest BCUT2D eigenvalue weighted by molar-refractivity contribution is -0.270. The van der Waals surface area contributed by atoms with Gasteiger partial charge in [0, 0.05) is 39.7 Å². The van der Waals surface area contributed by atoms with Crippen LogP contribution < -0.4 is 0 Å². The summed E-state index contributed by atoms with van der Waals surface area (Å²) >= 11 is 5.86. The summed E-state index contributed by atoms with van der Waals surface area (Å²) in [5.74, 6) is -2.53. The third kappa shape index (κ3) is 8.08. The van der Waals surface area contributed by atoms with Crippen LogP contribution in [-0.4, -0.2) is 69.7 Å². The minimum atomic E-state index is -1.38. The largest absolute Gasteiger partial charge is 0.463 e. The van der Waals surface area contributed by atoms with Crippen molar-refractivity contribution in [1.29, 1.82) is 0 Å². The van der Waals surface area contributed by atoms with Crippen molar-refractivity contribution in [3.63, 3.8) is 0 Å². The first kappa shape index (κ1) is 31.4. The Hall–Kier alpha value is -4.49. The Labute approximate surface area is 252 Å². The fraction of sp³-hybridized carbons (Fsp3) is 0.367. The second kappa shape index (κ2) is 14.1. The van der Waals surface area contributed by atoms with Gasteiger partial charge in [-0.05, 0) is 5.56 Å². The fourth-order valence-corrected chi connectivity index (χ4v) is 4.93. The predicted octanol–water partition coefficient (Wildman–Crippen LogP) is 3.52. The number of rotatable bonds is 9. The van der Waals surface area contributed by atoms with E-state index in [1.54, 1.807) is 0 Å². The molecule has 1 fully saturated rings. The van der Waals surface area contributed by atoms with Crippen LogP contribution in [0.4, 0.5) is 0 Å². The summed E-state index contributed by atoms with van der Waals surface area (Å²) in [6.45, 7) is 4.30. The molecule has 0 bridgehead atoms. The Morgan fingerprint density at radius 3 is 1.93 bits per heavy atom. The van der Waals surface area contributed by atoms with Gasteiger partial charge in [0.1, 0.15) is 17.4 Å². The van der Waals surface area contributed by atoms with E-state index in [-0.39, 0.29) is 11.2 Å². The maximum absolute atomic E-state index is 12.4. The van der Waals surface area contributed by atoms with E-state index in [0.29, 0.717) is 23.5 Å². The molecule has 1 aliphatic heterocycles. The zero-order valence-corrected chi connectivity index (χ0v) is 24.8. The third-order valence-electron chi connectivity index (χ3n) is 6.35. The first-order chi connectivity index (χ1) is 20.5. The molecule has 0 amide bonds. The normalized spacial score (nSPS) is 21.3. The predicted molar refractivity (Wildman–Crippen MR) is 153 cm³/mol. The van der Waals surface area contributed by atoms with Gasteiger partial charge in [-0.2, -0.15) is 0 Å². The molecule has 3 aromatic rings. The molecule has 5 atom stereocenters. The third-order valence-corrected chi connectivity index (χ3v) is 6.77. The fourth-order valence-electron chi connectivity index (χ4n) is 4.67. The average molecular weight is 610 g/mol. The molecule has 4 rings (SSSR count). The lowest BCUT2D eigenvalue weighted by Gasteiger charge is -2.44. The maximum atomic E-state index is 12.4. The molecule has 2 aromatic carbocycles. The van der Waals surface area contributed by atoms with E-state index >= 15 is 0 Å². The summed E-state index contributed by atoms with van der Waals surface area (Å²) in [6.07, 6.45) is -6.20. The molecular formula is C30H31N3O9S. The molecule has 226 valence electrons. The first-order valence-corrected chi connectivity index (χ1v) is 13.8. The highest BCUT2D eigenvalue weighted by molar-refractivity contribution is 7.71. The Morgan fingerprint density at radius 2 is 1.35 bits per heavy atom. The number of benzene rings is 2. The van der Waals surface area contributed by atoms with E-state index in [0.717, 1.165) is 19.4 Å². The number of hydrogen-bond donors (Lipinski definition) is 0. The molecule has 0 unspecified atom stereocenters. The summed E-state index contributed by atoms with van der Waals surface area (Å²) in [5, 5.41) is 4.68. The zero-order chi connectivity index (χ0) is 31.1. The van der Waals surface area contributed by atoms with Gasteiger partial charge in [0.05, 0.1) is 5.69 Å². The van der Waals surface area contributed by atoms with E-state index in [1.807, 2.05) is 60.7 Å². The van der Waals surface area contributed by atoms with Gasteiger partial charge < -0.3 is 23.7 Å². The van der Waals surface area contributed by atoms with Crippen molar-refractivity contribution in [1.82, 2.24) is 14.8 Å². The Morgan fingerprint density at radius 1 is 0.791 bits per heavy atom. The molecule has 13 heteroatoms. The second-order valence-electron chi connectivity index (χ2n) is 9.75. The molecule has 2 heterocycles. The SMILES string of the molecule is CC(=O)OC[C@H]1O[C@@H](n2nc(-c3ccccc3)nc(Cc3ccccc3)c2=S)[C@H](OC(C)=O)[C@@H](OC(C)=O)[C@@H]1OC(C)=O. The quantitative estimate of drug-likeness (QED) is 0.199. The number of carbonyl (C=O) groups excluding carboxylic acids is 4. The highest BCUT2D eigenvalue weighted by atomic mass is 32.1. The molecule has 0 radical (unpaired) electrons. The highest BCUT2D eigenvalue weighted by Gasteiger charge is 2.53. The van der Waals surface area contributed by atoms with Crippen LogP contribution in [0.15, 0.2) is 60.7 Å². The summed E-state index contributed by atoms with van der Waals surface area (Å²) in [6, 6.07) is 18.7. The minimum Gasteiger partial charge on any atom is -0.463 e. The highest BCUT2D eigenvalue weighted by Crippen LogP contribution is 2.35. The molecular weight excluding hydrogens is 578 g/mol. The van der Waals surface area contributed by atoms with E-state index in [9.17, 15) is 19.2 Å². The first-order valence-electron chi connectivity index (χ1n) is 13.4. The Bertz CT molecular complexity index is 1530. The van der Waals surface area contributed by atoms with Gasteiger partial charge in [0.15, 0.2) is 30.4 Å². The van der Waals surface area contributed by atoms with Crippen LogP contribution in [0.5, 0.6) is 0 Å². The van der Waals surface area contributed by atoms with Gasteiger partial charge >= 0.3 is 23.9 Å². The summed E-state index contributed by atoms with van der Waals surface area (Å²) in [4.78, 5) is 53.2. The van der Waals surface area contributed by atoms with Gasteiger partial charge in [-0.3, -0.25) is 19.2 Å². The van der Waals surface area contributed by atoms with Crippen molar-refractivity contribution in [2.45, 2.75) is 64.8 Å². The molecule has 1 aromatic heterocycles. The van der Waals surface area contributed by atoms with Crippen LogP contribution in [0, 0.1) is 4.64 Å². The topological polar surface area (TPSA) is 145 Å². The van der Waals surface area contributed by atoms with Gasteiger partial charge in [-0.15, -0.1) is 5.10 Å². The number of ether oxygens (including phenoxy) is 5. The molecule has 0 saturated carbocycles. The zero-order valence-electron chi connectivity index (χ0n) is 24.0. The molecule has 43 heavy (non-hydrogen) atoms.